The second-order valence-electron chi connectivity index (χ2n) is 15.5. The van der Waals surface area contributed by atoms with E-state index in [9.17, 15) is 4.79 Å². The van der Waals surface area contributed by atoms with E-state index in [1.165, 1.54) is 83.5 Å². The van der Waals surface area contributed by atoms with Crippen LogP contribution >= 0.6 is 0 Å². The number of carbonyl (C=O) groups excluding carboxylic acids is 1. The van der Waals surface area contributed by atoms with Gasteiger partial charge in [0.2, 0.25) is 0 Å². The first kappa shape index (κ1) is 62.0. The summed E-state index contributed by atoms with van der Waals surface area (Å²) in [7, 11) is 0. The third-order valence-corrected chi connectivity index (χ3v) is 9.83. The number of ether oxygens (including phenoxy) is 14. The average Bonchev–Trinajstić information content (AvgIpc) is 3.33. The van der Waals surface area contributed by atoms with Gasteiger partial charge >= 0.3 is 6.09 Å². The minimum atomic E-state index is -0.469. The summed E-state index contributed by atoms with van der Waals surface area (Å²) in [5.74, 6) is 0. The van der Waals surface area contributed by atoms with Gasteiger partial charge in [0, 0.05) is 13.2 Å². The van der Waals surface area contributed by atoms with Crippen molar-refractivity contribution in [1.29, 1.82) is 0 Å². The highest BCUT2D eigenvalue weighted by atomic mass is 16.6. The molecule has 16 nitrogen and oxygen atoms in total. The molecule has 0 aliphatic heterocycles. The molecule has 0 heterocycles. The molecule has 16 heteroatoms. The molecule has 0 unspecified atom stereocenters. The van der Waals surface area contributed by atoms with E-state index in [4.69, 9.17) is 66.3 Å². The normalized spacial score (nSPS) is 11.5. The van der Waals surface area contributed by atoms with Crippen molar-refractivity contribution in [2.75, 3.05) is 178 Å². The minimum absolute atomic E-state index is 0.236. The summed E-state index contributed by atoms with van der Waals surface area (Å²) in [5, 5.41) is 2.65. The second-order valence-corrected chi connectivity index (χ2v) is 15.5. The van der Waals surface area contributed by atoms with E-state index in [-0.39, 0.29) is 6.61 Å². The number of benzene rings is 1. The molecular weight excluding hydrogens is 855 g/mol. The van der Waals surface area contributed by atoms with Gasteiger partial charge in [-0.15, -0.1) is 0 Å². The average molecular weight is 948 g/mol. The lowest BCUT2D eigenvalue weighted by Crippen LogP contribution is -2.28. The van der Waals surface area contributed by atoms with Crippen LogP contribution < -0.4 is 5.32 Å². The van der Waals surface area contributed by atoms with Gasteiger partial charge in [-0.25, -0.2) is 4.79 Å². The number of nitrogens with one attached hydrogen (secondary N) is 1. The Morgan fingerprint density at radius 1 is 0.333 bits per heavy atom. The maximum absolute atomic E-state index is 11.7. The Kier molecular flexibility index (Phi) is 52.2. The molecule has 1 amide bonds. The van der Waals surface area contributed by atoms with E-state index < -0.39 is 6.09 Å². The molecule has 1 aromatic carbocycles. The quantitative estimate of drug-likeness (QED) is 0.0636. The highest BCUT2D eigenvalue weighted by Gasteiger charge is 2.02. The number of hydrogen-bond donors (Lipinski definition) is 1. The van der Waals surface area contributed by atoms with Crippen molar-refractivity contribution in [2.24, 2.45) is 0 Å². The van der Waals surface area contributed by atoms with E-state index in [1.807, 2.05) is 30.3 Å². The van der Waals surface area contributed by atoms with E-state index in [0.717, 1.165) is 18.6 Å². The highest BCUT2D eigenvalue weighted by Crippen LogP contribution is 2.13. The van der Waals surface area contributed by atoms with Crippen LogP contribution in [-0.2, 0) is 72.9 Å². The molecule has 0 saturated carbocycles. The van der Waals surface area contributed by atoms with Crippen LogP contribution in [0.25, 0.3) is 0 Å². The van der Waals surface area contributed by atoms with Crippen molar-refractivity contribution in [3.63, 3.8) is 0 Å². The lowest BCUT2D eigenvalue weighted by atomic mass is 10.0. The smallest absolute Gasteiger partial charge is 0.407 e. The minimum Gasteiger partial charge on any atom is -0.445 e. The Labute approximate surface area is 399 Å². The fourth-order valence-electron chi connectivity index (χ4n) is 6.14. The van der Waals surface area contributed by atoms with Gasteiger partial charge in [-0.1, -0.05) is 121 Å². The molecule has 1 rings (SSSR count). The van der Waals surface area contributed by atoms with Gasteiger partial charge in [0.15, 0.2) is 0 Å². The number of alkyl carbamates (subject to hydrolysis) is 1. The van der Waals surface area contributed by atoms with Crippen molar-refractivity contribution in [3.05, 3.63) is 35.9 Å². The number of carbonyl (C=O) groups is 1. The summed E-state index contributed by atoms with van der Waals surface area (Å²) in [6, 6.07) is 9.52. The van der Waals surface area contributed by atoms with Crippen LogP contribution in [0.3, 0.4) is 0 Å². The summed E-state index contributed by atoms with van der Waals surface area (Å²) in [5.41, 5.74) is 0.938. The molecule has 0 aliphatic carbocycles. The maximum Gasteiger partial charge on any atom is 0.407 e. The lowest BCUT2D eigenvalue weighted by molar-refractivity contribution is -0.0290. The summed E-state index contributed by atoms with van der Waals surface area (Å²) >= 11 is 0. The fourth-order valence-corrected chi connectivity index (χ4v) is 6.14. The molecule has 0 radical (unpaired) electrons. The first-order valence-corrected chi connectivity index (χ1v) is 25.3. The van der Waals surface area contributed by atoms with Crippen LogP contribution in [0.2, 0.25) is 0 Å². The van der Waals surface area contributed by atoms with Crippen LogP contribution in [0.5, 0.6) is 0 Å². The van der Waals surface area contributed by atoms with Crippen molar-refractivity contribution in [1.82, 2.24) is 5.32 Å². The molecule has 0 spiro atoms. The zero-order valence-electron chi connectivity index (χ0n) is 41.2. The molecule has 1 N–H and O–H groups in total. The van der Waals surface area contributed by atoms with Crippen LogP contribution in [0, 0.1) is 0 Å². The number of rotatable bonds is 56. The lowest BCUT2D eigenvalue weighted by Gasteiger charge is -2.09. The molecule has 388 valence electrons. The molecule has 0 aliphatic rings. The molecular formula is C50H93NO15. The zero-order valence-corrected chi connectivity index (χ0v) is 41.2. The summed E-state index contributed by atoms with van der Waals surface area (Å²) in [6.07, 6.45) is 18.7. The van der Waals surface area contributed by atoms with E-state index in [0.29, 0.717) is 172 Å². The molecule has 0 bridgehead atoms. The van der Waals surface area contributed by atoms with Crippen LogP contribution in [0.4, 0.5) is 4.79 Å². The van der Waals surface area contributed by atoms with Crippen LogP contribution in [0.15, 0.2) is 30.3 Å². The standard InChI is InChI=1S/C50H93NO15/c1-2-3-4-5-6-7-8-9-10-11-12-13-14-18-22-53-24-26-55-28-30-57-32-34-59-36-38-61-40-42-63-44-46-65-47-45-64-43-41-62-39-37-60-35-33-58-31-29-56-27-25-54-23-21-51-50(52)66-48-49-19-16-15-17-20-49/h15-17,19-20H,2-14,18,21-48H2,1H3,(H,51,52). The monoisotopic (exact) mass is 948 g/mol. The molecule has 0 saturated heterocycles. The molecule has 0 atom stereocenters. The largest absolute Gasteiger partial charge is 0.445 e. The van der Waals surface area contributed by atoms with E-state index >= 15 is 0 Å². The van der Waals surface area contributed by atoms with E-state index in [2.05, 4.69) is 12.2 Å². The Bertz CT molecular complexity index is 1060. The van der Waals surface area contributed by atoms with Crippen molar-refractivity contribution >= 4 is 6.09 Å². The van der Waals surface area contributed by atoms with E-state index in [1.54, 1.807) is 0 Å². The summed E-state index contributed by atoms with van der Waals surface area (Å²) in [6.45, 7) is 16.3. The topological polar surface area (TPSA) is 158 Å². The predicted octanol–water partition coefficient (Wildman–Crippen LogP) is 7.61. The predicted molar refractivity (Wildman–Crippen MR) is 256 cm³/mol. The van der Waals surface area contributed by atoms with Gasteiger partial charge in [-0.2, -0.15) is 0 Å². The molecule has 66 heavy (non-hydrogen) atoms. The van der Waals surface area contributed by atoms with Gasteiger partial charge in [0.25, 0.3) is 0 Å². The third-order valence-electron chi connectivity index (χ3n) is 9.83. The first-order valence-electron chi connectivity index (χ1n) is 25.3. The van der Waals surface area contributed by atoms with Gasteiger partial charge < -0.3 is 71.6 Å². The van der Waals surface area contributed by atoms with Crippen molar-refractivity contribution in [2.45, 2.75) is 103 Å². The number of hydrogen-bond acceptors (Lipinski definition) is 15. The van der Waals surface area contributed by atoms with Gasteiger partial charge in [-0.05, 0) is 12.0 Å². The molecule has 1 aromatic rings. The summed E-state index contributed by atoms with van der Waals surface area (Å²) < 4.78 is 77.0. The Hall–Kier alpha value is -2.03. The fraction of sp³-hybridized carbons (Fsp3) is 0.860. The molecule has 0 fully saturated rings. The van der Waals surface area contributed by atoms with Crippen LogP contribution in [0.1, 0.15) is 102 Å². The SMILES string of the molecule is CCCCCCCCCCCCCCCCOCCOCCOCCOCCOCCOCCOCCOCCOCCOCCOCCOCCOCCNC(=O)OCc1ccccc1. The maximum atomic E-state index is 11.7. The van der Waals surface area contributed by atoms with Crippen molar-refractivity contribution < 1.29 is 71.1 Å². The Balaban J connectivity index is 1.60. The highest BCUT2D eigenvalue weighted by molar-refractivity contribution is 5.67. The molecule has 0 aromatic heterocycles. The first-order chi connectivity index (χ1) is 32.8. The Morgan fingerprint density at radius 3 is 0.894 bits per heavy atom. The van der Waals surface area contributed by atoms with Gasteiger partial charge in [0.1, 0.15) is 6.61 Å². The van der Waals surface area contributed by atoms with Gasteiger partial charge in [0.05, 0.1) is 165 Å². The zero-order chi connectivity index (χ0) is 47.0. The van der Waals surface area contributed by atoms with Crippen LogP contribution in [-0.4, -0.2) is 184 Å². The van der Waals surface area contributed by atoms with Gasteiger partial charge in [-0.3, -0.25) is 0 Å². The van der Waals surface area contributed by atoms with Crippen molar-refractivity contribution in [3.8, 4) is 0 Å². The summed E-state index contributed by atoms with van der Waals surface area (Å²) in [4.78, 5) is 11.7. The number of unbranched alkanes of at least 4 members (excludes halogenated alkanes) is 13. The number of amides is 1. The second kappa shape index (κ2) is 55.6. The Morgan fingerprint density at radius 2 is 0.591 bits per heavy atom. The third kappa shape index (κ3) is 51.4.